The van der Waals surface area contributed by atoms with Crippen LogP contribution in [-0.4, -0.2) is 0 Å². The van der Waals surface area contributed by atoms with Crippen molar-refractivity contribution in [2.24, 2.45) is 0 Å². The van der Waals surface area contributed by atoms with Gasteiger partial charge in [-0.25, -0.2) is 0 Å². The maximum Gasteiger partial charge on any atom is 0.132 e. The number of ether oxygens (including phenoxy) is 3. The van der Waals surface area contributed by atoms with Gasteiger partial charge in [-0.3, -0.25) is 0 Å². The normalized spacial score (nSPS) is 13.5. The molecule has 0 aromatic heterocycles. The molecule has 57 heavy (non-hydrogen) atoms. The van der Waals surface area contributed by atoms with Crippen molar-refractivity contribution in [2.45, 2.75) is 10.8 Å². The lowest BCUT2D eigenvalue weighted by Gasteiger charge is -2.37. The number of para-hydroxylation sites is 4. The van der Waals surface area contributed by atoms with Crippen LogP contribution in [0.5, 0.6) is 34.5 Å². The Kier molecular flexibility index (Phi) is 8.41. The van der Waals surface area contributed by atoms with E-state index < -0.39 is 10.8 Å². The molecule has 8 aromatic rings. The molecular weight excluding hydrogens is 697 g/mol. The molecule has 8 aromatic carbocycles. The molecular formula is C54H34O3. The highest BCUT2D eigenvalue weighted by atomic mass is 16.5. The van der Waals surface area contributed by atoms with Crippen molar-refractivity contribution in [3.05, 3.63) is 251 Å². The van der Waals surface area contributed by atoms with Gasteiger partial charge in [0.2, 0.25) is 0 Å². The Morgan fingerprint density at radius 2 is 0.614 bits per heavy atom. The highest BCUT2D eigenvalue weighted by molar-refractivity contribution is 5.71. The fourth-order valence-electron chi connectivity index (χ4n) is 8.08. The molecule has 0 radical (unpaired) electrons. The van der Waals surface area contributed by atoms with Gasteiger partial charge >= 0.3 is 0 Å². The largest absolute Gasteiger partial charge is 0.457 e. The molecule has 0 saturated heterocycles. The molecule has 0 atom stereocenters. The molecule has 2 aliphatic rings. The van der Waals surface area contributed by atoms with Gasteiger partial charge in [0.25, 0.3) is 0 Å². The minimum Gasteiger partial charge on any atom is -0.457 e. The van der Waals surface area contributed by atoms with E-state index in [9.17, 15) is 0 Å². The van der Waals surface area contributed by atoms with Gasteiger partial charge in [-0.1, -0.05) is 157 Å². The van der Waals surface area contributed by atoms with Gasteiger partial charge in [0.1, 0.15) is 45.3 Å². The first kappa shape index (κ1) is 33.8. The molecule has 0 saturated carbocycles. The van der Waals surface area contributed by atoms with Crippen LogP contribution in [0.3, 0.4) is 0 Å². The number of hydrogen-bond donors (Lipinski definition) is 0. The molecule has 2 heterocycles. The minimum atomic E-state index is -0.785. The summed E-state index contributed by atoms with van der Waals surface area (Å²) in [4.78, 5) is 0. The second-order valence-corrected chi connectivity index (χ2v) is 14.1. The van der Waals surface area contributed by atoms with Gasteiger partial charge in [0.15, 0.2) is 0 Å². The van der Waals surface area contributed by atoms with Crippen LogP contribution in [0.2, 0.25) is 0 Å². The molecule has 0 unspecified atom stereocenters. The molecule has 0 amide bonds. The zero-order valence-electron chi connectivity index (χ0n) is 30.9. The number of fused-ring (bicyclic) bond motifs is 4. The third-order valence-electron chi connectivity index (χ3n) is 10.8. The van der Waals surface area contributed by atoms with Crippen molar-refractivity contribution in [3.8, 4) is 58.2 Å². The summed E-state index contributed by atoms with van der Waals surface area (Å²) in [5.74, 6) is 19.1. The molecule has 268 valence electrons. The van der Waals surface area contributed by atoms with Crippen LogP contribution in [0.1, 0.15) is 44.5 Å². The quantitative estimate of drug-likeness (QED) is 0.169. The van der Waals surface area contributed by atoms with Gasteiger partial charge in [-0.05, 0) is 83.9 Å². The van der Waals surface area contributed by atoms with Crippen molar-refractivity contribution >= 4 is 0 Å². The second kappa shape index (κ2) is 14.2. The van der Waals surface area contributed by atoms with Crippen molar-refractivity contribution < 1.29 is 14.2 Å². The summed E-state index contributed by atoms with van der Waals surface area (Å²) in [5, 5.41) is 0. The Morgan fingerprint density at radius 3 is 0.947 bits per heavy atom. The lowest BCUT2D eigenvalue weighted by Crippen LogP contribution is -2.31. The van der Waals surface area contributed by atoms with Crippen molar-refractivity contribution in [3.63, 3.8) is 0 Å². The lowest BCUT2D eigenvalue weighted by atomic mass is 9.68. The standard InChI is InChI=1S/C54H34O3/c1-3-15-39(16-4-1)35-37-53(45-19-7-11-23-49(45)56-50-24-12-8-20-46(50)53)41-27-31-43(32-28-41)55-44-33-29-42(30-34-44)54(38-36-40-17-5-2-6-18-40)47-21-9-13-25-51(47)57-52-26-14-10-22-48(52)54/h1-34H. The van der Waals surface area contributed by atoms with E-state index in [0.29, 0.717) is 11.5 Å². The van der Waals surface area contributed by atoms with E-state index in [1.54, 1.807) is 0 Å². The lowest BCUT2D eigenvalue weighted by molar-refractivity contribution is 0.440. The van der Waals surface area contributed by atoms with Gasteiger partial charge in [-0.2, -0.15) is 0 Å². The monoisotopic (exact) mass is 730 g/mol. The SMILES string of the molecule is C(#CC1(c2ccc(Oc3ccc(C4(C#Cc5ccccc5)c5ccccc5Oc5ccccc54)cc3)cc2)c2ccccc2Oc2ccccc21)c1ccccc1. The molecule has 10 rings (SSSR count). The molecule has 0 fully saturated rings. The van der Waals surface area contributed by atoms with Gasteiger partial charge in [0.05, 0.1) is 0 Å². The topological polar surface area (TPSA) is 27.7 Å². The van der Waals surface area contributed by atoms with Crippen molar-refractivity contribution in [1.29, 1.82) is 0 Å². The van der Waals surface area contributed by atoms with Crippen LogP contribution >= 0.6 is 0 Å². The van der Waals surface area contributed by atoms with Crippen LogP contribution in [-0.2, 0) is 10.8 Å². The first-order valence-electron chi connectivity index (χ1n) is 19.0. The molecule has 0 aliphatic carbocycles. The fourth-order valence-corrected chi connectivity index (χ4v) is 8.08. The molecule has 0 spiro atoms. The first-order valence-corrected chi connectivity index (χ1v) is 19.0. The van der Waals surface area contributed by atoms with Gasteiger partial charge < -0.3 is 14.2 Å². The molecule has 3 heteroatoms. The van der Waals surface area contributed by atoms with Gasteiger partial charge in [0, 0.05) is 33.4 Å². The van der Waals surface area contributed by atoms with E-state index >= 15 is 0 Å². The Hall–Kier alpha value is -7.72. The summed E-state index contributed by atoms with van der Waals surface area (Å²) < 4.78 is 19.4. The van der Waals surface area contributed by atoms with E-state index in [4.69, 9.17) is 14.2 Å². The maximum absolute atomic E-state index is 6.54. The Bertz CT molecular complexity index is 2580. The zero-order valence-corrected chi connectivity index (χ0v) is 30.9. The van der Waals surface area contributed by atoms with E-state index in [1.165, 1.54) is 0 Å². The van der Waals surface area contributed by atoms with E-state index in [-0.39, 0.29) is 0 Å². The third kappa shape index (κ3) is 5.91. The summed E-state index contributed by atoms with van der Waals surface area (Å²) >= 11 is 0. The average molecular weight is 731 g/mol. The van der Waals surface area contributed by atoms with Crippen LogP contribution in [0.4, 0.5) is 0 Å². The summed E-state index contributed by atoms with van der Waals surface area (Å²) in [6.45, 7) is 0. The van der Waals surface area contributed by atoms with E-state index in [0.717, 1.165) is 67.5 Å². The zero-order chi connectivity index (χ0) is 38.1. The maximum atomic E-state index is 6.54. The first-order chi connectivity index (χ1) is 28.2. The Labute approximate surface area is 332 Å². The van der Waals surface area contributed by atoms with Crippen LogP contribution in [0, 0.1) is 23.7 Å². The highest BCUT2D eigenvalue weighted by Crippen LogP contribution is 2.53. The third-order valence-corrected chi connectivity index (χ3v) is 10.8. The van der Waals surface area contributed by atoms with Crippen LogP contribution in [0.15, 0.2) is 206 Å². The predicted molar refractivity (Wildman–Crippen MR) is 225 cm³/mol. The average Bonchev–Trinajstić information content (AvgIpc) is 3.28. The Morgan fingerprint density at radius 1 is 0.316 bits per heavy atom. The number of hydrogen-bond acceptors (Lipinski definition) is 3. The van der Waals surface area contributed by atoms with Crippen molar-refractivity contribution in [2.75, 3.05) is 0 Å². The summed E-state index contributed by atoms with van der Waals surface area (Å²) in [5.41, 5.74) is 6.35. The highest BCUT2D eigenvalue weighted by Gasteiger charge is 2.44. The summed E-state index contributed by atoms with van der Waals surface area (Å²) in [7, 11) is 0. The molecule has 2 aliphatic heterocycles. The summed E-state index contributed by atoms with van der Waals surface area (Å²) in [6.07, 6.45) is 0. The molecule has 0 N–H and O–H groups in total. The van der Waals surface area contributed by atoms with Crippen LogP contribution < -0.4 is 14.2 Å². The summed E-state index contributed by atoms with van der Waals surface area (Å²) in [6, 6.07) is 69.5. The number of rotatable bonds is 4. The molecule has 0 bridgehead atoms. The van der Waals surface area contributed by atoms with E-state index in [2.05, 4.69) is 72.2 Å². The van der Waals surface area contributed by atoms with Crippen molar-refractivity contribution in [1.82, 2.24) is 0 Å². The smallest absolute Gasteiger partial charge is 0.132 e. The minimum absolute atomic E-state index is 0.714. The fraction of sp³-hybridized carbons (Fsp3) is 0.0370. The van der Waals surface area contributed by atoms with Crippen LogP contribution in [0.25, 0.3) is 0 Å². The number of benzene rings is 8. The Balaban J connectivity index is 1.03. The van der Waals surface area contributed by atoms with E-state index in [1.807, 2.05) is 158 Å². The molecule has 3 nitrogen and oxygen atoms in total. The van der Waals surface area contributed by atoms with Gasteiger partial charge in [-0.15, -0.1) is 0 Å². The second-order valence-electron chi connectivity index (χ2n) is 14.1. The predicted octanol–water partition coefficient (Wildman–Crippen LogP) is 12.5.